The van der Waals surface area contributed by atoms with E-state index in [-0.39, 0.29) is 18.0 Å². The minimum Gasteiger partial charge on any atom is -0.324 e. The van der Waals surface area contributed by atoms with Crippen LogP contribution in [0.3, 0.4) is 0 Å². The van der Waals surface area contributed by atoms with Crippen LogP contribution in [0.5, 0.6) is 0 Å². The Morgan fingerprint density at radius 3 is 2.19 bits per heavy atom. The third-order valence-electron chi connectivity index (χ3n) is 5.20. The van der Waals surface area contributed by atoms with Crippen molar-refractivity contribution in [3.63, 3.8) is 0 Å². The Morgan fingerprint density at radius 2 is 1.69 bits per heavy atom. The van der Waals surface area contributed by atoms with Crippen LogP contribution in [-0.4, -0.2) is 40.9 Å². The lowest BCUT2D eigenvalue weighted by molar-refractivity contribution is 0.142. The third-order valence-corrected chi connectivity index (χ3v) is 5.20. The average Bonchev–Trinajstić information content (AvgIpc) is 2.69. The molecular formula is C21H39N5. The highest BCUT2D eigenvalue weighted by Gasteiger charge is 2.28. The molecule has 0 aromatic heterocycles. The summed E-state index contributed by atoms with van der Waals surface area (Å²) in [4.78, 5) is 2.50. The van der Waals surface area contributed by atoms with E-state index in [0.717, 1.165) is 32.4 Å². The number of amidine groups is 1. The molecule has 1 aromatic carbocycles. The van der Waals surface area contributed by atoms with Gasteiger partial charge in [-0.05, 0) is 58.7 Å². The molecule has 1 fully saturated rings. The number of hydrogen-bond donors (Lipinski definition) is 3. The van der Waals surface area contributed by atoms with Crippen molar-refractivity contribution in [2.24, 2.45) is 17.5 Å². The Bertz CT molecular complexity index is 508. The number of nitrogens with one attached hydrogen (secondary N) is 1. The lowest BCUT2D eigenvalue weighted by Crippen LogP contribution is -2.49. The topological polar surface area (TPSA) is 82.4 Å². The van der Waals surface area contributed by atoms with Crippen molar-refractivity contribution in [1.29, 1.82) is 5.41 Å². The van der Waals surface area contributed by atoms with Crippen molar-refractivity contribution >= 4 is 5.84 Å². The van der Waals surface area contributed by atoms with Crippen LogP contribution in [-0.2, 0) is 0 Å². The molecule has 0 bridgehead atoms. The van der Waals surface area contributed by atoms with E-state index in [4.69, 9.17) is 17.0 Å². The summed E-state index contributed by atoms with van der Waals surface area (Å²) in [6, 6.07) is 11.0. The Balaban J connectivity index is 0.00000163. The minimum atomic E-state index is 0.0812. The molecule has 2 unspecified atom stereocenters. The van der Waals surface area contributed by atoms with Gasteiger partial charge in [-0.15, -0.1) is 0 Å². The molecule has 0 saturated carbocycles. The standard InChI is InChI=1S/C19H33N5.C2H6/c1-14(2)24(22)19(21)17-9-11-23(12-10-17)15(3)13-18(20)16-7-5-4-6-8-16;1-2/h4-8,14-15,17-18,21H,9-13,20,22H2,1-3H3;1-2H3. The van der Waals surface area contributed by atoms with Crippen LogP contribution in [0.15, 0.2) is 30.3 Å². The first-order valence-corrected chi connectivity index (χ1v) is 10.1. The van der Waals surface area contributed by atoms with Crippen molar-refractivity contribution in [3.8, 4) is 0 Å². The summed E-state index contributed by atoms with van der Waals surface area (Å²) in [6.07, 6.45) is 2.97. The van der Waals surface area contributed by atoms with Gasteiger partial charge in [-0.1, -0.05) is 44.2 Å². The molecule has 0 aliphatic carbocycles. The van der Waals surface area contributed by atoms with Gasteiger partial charge in [0.25, 0.3) is 0 Å². The number of hydrazine groups is 1. The largest absolute Gasteiger partial charge is 0.324 e. The maximum Gasteiger partial charge on any atom is 0.113 e. The molecule has 1 saturated heterocycles. The molecule has 0 amide bonds. The van der Waals surface area contributed by atoms with E-state index in [1.54, 1.807) is 5.01 Å². The molecule has 2 atom stereocenters. The Labute approximate surface area is 160 Å². The molecule has 0 spiro atoms. The van der Waals surface area contributed by atoms with E-state index < -0.39 is 0 Å². The zero-order chi connectivity index (χ0) is 19.7. The lowest BCUT2D eigenvalue weighted by Gasteiger charge is -2.39. The zero-order valence-corrected chi connectivity index (χ0v) is 17.3. The van der Waals surface area contributed by atoms with Gasteiger partial charge in [-0.3, -0.25) is 10.4 Å². The minimum absolute atomic E-state index is 0.0812. The monoisotopic (exact) mass is 361 g/mol. The van der Waals surface area contributed by atoms with Gasteiger partial charge in [-0.2, -0.15) is 0 Å². The number of likely N-dealkylation sites (tertiary alicyclic amines) is 1. The predicted molar refractivity (Wildman–Crippen MR) is 112 cm³/mol. The maximum absolute atomic E-state index is 8.28. The molecule has 2 rings (SSSR count). The zero-order valence-electron chi connectivity index (χ0n) is 17.3. The molecule has 1 aliphatic rings. The van der Waals surface area contributed by atoms with Crippen LogP contribution in [0, 0.1) is 11.3 Å². The SMILES string of the molecule is CC.CC(CC(N)c1ccccc1)N1CCC(C(=N)N(N)C(C)C)CC1. The Kier molecular flexibility index (Phi) is 9.84. The van der Waals surface area contributed by atoms with Gasteiger partial charge in [0.05, 0.1) is 0 Å². The highest BCUT2D eigenvalue weighted by molar-refractivity contribution is 5.81. The van der Waals surface area contributed by atoms with E-state index in [0.29, 0.717) is 11.9 Å². The molecule has 1 heterocycles. The number of piperidine rings is 1. The van der Waals surface area contributed by atoms with Crippen molar-refractivity contribution < 1.29 is 0 Å². The molecule has 1 aliphatic heterocycles. The van der Waals surface area contributed by atoms with E-state index in [1.165, 1.54) is 5.56 Å². The van der Waals surface area contributed by atoms with Gasteiger partial charge < -0.3 is 10.6 Å². The van der Waals surface area contributed by atoms with E-state index in [1.807, 2.05) is 45.9 Å². The summed E-state index contributed by atoms with van der Waals surface area (Å²) in [7, 11) is 0. The fraction of sp³-hybridized carbons (Fsp3) is 0.667. The summed E-state index contributed by atoms with van der Waals surface area (Å²) < 4.78 is 0. The van der Waals surface area contributed by atoms with E-state index in [2.05, 4.69) is 24.0 Å². The normalized spacial score (nSPS) is 18.0. The quantitative estimate of drug-likeness (QED) is 0.312. The first-order chi connectivity index (χ1) is 12.4. The predicted octanol–water partition coefficient (Wildman–Crippen LogP) is 3.76. The van der Waals surface area contributed by atoms with Crippen molar-refractivity contribution in [1.82, 2.24) is 9.91 Å². The average molecular weight is 362 g/mol. The van der Waals surface area contributed by atoms with Crippen molar-refractivity contribution in [2.45, 2.75) is 72.0 Å². The highest BCUT2D eigenvalue weighted by atomic mass is 15.4. The second-order valence-electron chi connectivity index (χ2n) is 7.30. The molecule has 1 aromatic rings. The van der Waals surface area contributed by atoms with Gasteiger partial charge >= 0.3 is 0 Å². The van der Waals surface area contributed by atoms with Crippen molar-refractivity contribution in [2.75, 3.05) is 13.1 Å². The van der Waals surface area contributed by atoms with Crippen LogP contribution in [0.1, 0.15) is 65.5 Å². The summed E-state index contributed by atoms with van der Waals surface area (Å²) in [5, 5.41) is 9.89. The van der Waals surface area contributed by atoms with E-state index >= 15 is 0 Å². The maximum atomic E-state index is 8.28. The van der Waals surface area contributed by atoms with Gasteiger partial charge in [-0.25, -0.2) is 5.84 Å². The molecule has 148 valence electrons. The Hall–Kier alpha value is -1.43. The second kappa shape index (κ2) is 11.3. The summed E-state index contributed by atoms with van der Waals surface area (Å²) >= 11 is 0. The van der Waals surface area contributed by atoms with Gasteiger partial charge in [0, 0.05) is 24.0 Å². The Morgan fingerprint density at radius 1 is 1.15 bits per heavy atom. The smallest absolute Gasteiger partial charge is 0.113 e. The number of nitrogens with zero attached hydrogens (tertiary/aromatic N) is 2. The number of hydrogen-bond acceptors (Lipinski definition) is 4. The van der Waals surface area contributed by atoms with Gasteiger partial charge in [0.2, 0.25) is 0 Å². The fourth-order valence-electron chi connectivity index (χ4n) is 3.46. The number of rotatable bonds is 6. The molecule has 26 heavy (non-hydrogen) atoms. The number of benzene rings is 1. The highest BCUT2D eigenvalue weighted by Crippen LogP contribution is 2.24. The first kappa shape index (κ1) is 22.6. The van der Waals surface area contributed by atoms with Crippen LogP contribution in [0.4, 0.5) is 0 Å². The third kappa shape index (κ3) is 6.38. The molecule has 5 N–H and O–H groups in total. The fourth-order valence-corrected chi connectivity index (χ4v) is 3.46. The second-order valence-corrected chi connectivity index (χ2v) is 7.30. The van der Waals surface area contributed by atoms with Crippen LogP contribution in [0.2, 0.25) is 0 Å². The lowest BCUT2D eigenvalue weighted by atomic mass is 9.92. The van der Waals surface area contributed by atoms with Crippen LogP contribution in [0.25, 0.3) is 0 Å². The first-order valence-electron chi connectivity index (χ1n) is 10.1. The van der Waals surface area contributed by atoms with Gasteiger partial charge in [0.15, 0.2) is 0 Å². The summed E-state index contributed by atoms with van der Waals surface area (Å²) in [5.74, 6) is 6.86. The van der Waals surface area contributed by atoms with Crippen LogP contribution < -0.4 is 11.6 Å². The molecular weight excluding hydrogens is 322 g/mol. The summed E-state index contributed by atoms with van der Waals surface area (Å²) in [6.45, 7) is 12.3. The molecule has 0 radical (unpaired) electrons. The molecule has 5 heteroatoms. The van der Waals surface area contributed by atoms with Crippen molar-refractivity contribution in [3.05, 3.63) is 35.9 Å². The van der Waals surface area contributed by atoms with Crippen LogP contribution >= 0.6 is 0 Å². The number of nitrogens with two attached hydrogens (primary N) is 2. The van der Waals surface area contributed by atoms with Gasteiger partial charge in [0.1, 0.15) is 5.84 Å². The molecule has 5 nitrogen and oxygen atoms in total. The summed E-state index contributed by atoms with van der Waals surface area (Å²) in [5.41, 5.74) is 7.57. The van der Waals surface area contributed by atoms with E-state index in [9.17, 15) is 0 Å².